The van der Waals surface area contributed by atoms with Gasteiger partial charge in [-0.2, -0.15) is 13.2 Å². The maximum atomic E-state index is 13.5. The number of pyridine rings is 2. The summed E-state index contributed by atoms with van der Waals surface area (Å²) in [5.74, 6) is -0.519. The number of aliphatic hydroxyl groups is 1. The lowest BCUT2D eigenvalue weighted by Gasteiger charge is -2.15. The van der Waals surface area contributed by atoms with Gasteiger partial charge < -0.3 is 20.3 Å². The minimum absolute atomic E-state index is 0.0147. The van der Waals surface area contributed by atoms with E-state index in [2.05, 4.69) is 25.9 Å². The minimum Gasteiger partial charge on any atom is -0.395 e. The Morgan fingerprint density at radius 3 is 2.61 bits per heavy atom. The van der Waals surface area contributed by atoms with Crippen molar-refractivity contribution in [3.63, 3.8) is 0 Å². The molecule has 0 radical (unpaired) electrons. The Kier molecular flexibility index (Phi) is 7.78. The number of aromatic nitrogens is 3. The van der Waals surface area contributed by atoms with E-state index in [0.29, 0.717) is 23.2 Å². The molecule has 0 aliphatic heterocycles. The van der Waals surface area contributed by atoms with E-state index in [1.165, 1.54) is 18.5 Å². The summed E-state index contributed by atoms with van der Waals surface area (Å²) in [4.78, 5) is 46.3. The van der Waals surface area contributed by atoms with Gasteiger partial charge >= 0.3 is 12.2 Å². The first-order valence-corrected chi connectivity index (χ1v) is 13.6. The summed E-state index contributed by atoms with van der Waals surface area (Å²) < 4.78 is 42.0. The molecule has 14 heteroatoms. The lowest BCUT2D eigenvalue weighted by atomic mass is 9.99. The minimum atomic E-state index is -4.64. The predicted octanol–water partition coefficient (Wildman–Crippen LogP) is 4.40. The number of halogens is 3. The largest absolute Gasteiger partial charge is 0.434 e. The van der Waals surface area contributed by atoms with E-state index >= 15 is 0 Å². The number of carbonyl (C=O) groups excluding carboxylic acids is 2. The Bertz CT molecular complexity index is 1700. The van der Waals surface area contributed by atoms with Crippen molar-refractivity contribution in [3.8, 4) is 21.7 Å². The van der Waals surface area contributed by atoms with Crippen LogP contribution in [0.5, 0.6) is 0 Å². The third-order valence-electron chi connectivity index (χ3n) is 6.43. The van der Waals surface area contributed by atoms with E-state index in [4.69, 9.17) is 5.11 Å². The van der Waals surface area contributed by atoms with Gasteiger partial charge in [0.2, 0.25) is 5.43 Å². The van der Waals surface area contributed by atoms with Crippen molar-refractivity contribution in [2.45, 2.75) is 32.0 Å². The molecule has 0 saturated heterocycles. The highest BCUT2D eigenvalue weighted by atomic mass is 32.1. The molecule has 1 saturated carbocycles. The normalized spacial score (nSPS) is 13.3. The summed E-state index contributed by atoms with van der Waals surface area (Å²) in [5, 5.41) is 17.9. The zero-order valence-corrected chi connectivity index (χ0v) is 22.5. The lowest BCUT2D eigenvalue weighted by molar-refractivity contribution is -0.140. The number of benzene rings is 1. The highest BCUT2D eigenvalue weighted by molar-refractivity contribution is 7.13. The molecule has 214 valence electrons. The Balaban J connectivity index is 1.66. The Labute approximate surface area is 235 Å². The van der Waals surface area contributed by atoms with Crippen LogP contribution in [-0.2, 0) is 6.18 Å². The molecule has 3 amide bonds. The van der Waals surface area contributed by atoms with Crippen LogP contribution in [0.3, 0.4) is 0 Å². The number of hydrogen-bond acceptors (Lipinski definition) is 7. The van der Waals surface area contributed by atoms with Gasteiger partial charge in [0.25, 0.3) is 5.91 Å². The molecular formula is C27H25F3N6O4S. The van der Waals surface area contributed by atoms with Gasteiger partial charge in [-0.15, -0.1) is 11.3 Å². The van der Waals surface area contributed by atoms with Crippen LogP contribution >= 0.6 is 11.3 Å². The summed E-state index contributed by atoms with van der Waals surface area (Å²) in [6.07, 6.45) is 0.0455. The summed E-state index contributed by atoms with van der Waals surface area (Å²) in [6, 6.07) is 6.05. The Hall–Kier alpha value is -4.30. The molecule has 1 aliphatic rings. The molecule has 4 aromatic rings. The fraction of sp³-hybridized carbons (Fsp3) is 0.296. The SMILES string of the molecule is CCNC(=O)Nc1cc(-c2nc(C(F)(F)F)cs2)c(-c2ccc3c(c2)c(=O)c(C(=O)NCCO)cn3C2CC2)cn1. The van der Waals surface area contributed by atoms with Gasteiger partial charge in [-0.3, -0.25) is 14.9 Å². The second kappa shape index (κ2) is 11.3. The maximum absolute atomic E-state index is 13.5. The van der Waals surface area contributed by atoms with Crippen molar-refractivity contribution in [2.24, 2.45) is 0 Å². The molecule has 4 N–H and O–H groups in total. The molecule has 0 unspecified atom stereocenters. The van der Waals surface area contributed by atoms with Crippen molar-refractivity contribution in [1.29, 1.82) is 0 Å². The van der Waals surface area contributed by atoms with Crippen LogP contribution in [0.25, 0.3) is 32.6 Å². The summed E-state index contributed by atoms with van der Waals surface area (Å²) in [6.45, 7) is 1.79. The first-order chi connectivity index (χ1) is 19.6. The average molecular weight is 587 g/mol. The number of urea groups is 1. The van der Waals surface area contributed by atoms with E-state index < -0.39 is 29.2 Å². The number of nitrogens with one attached hydrogen (secondary N) is 3. The number of anilines is 1. The highest BCUT2D eigenvalue weighted by Crippen LogP contribution is 2.40. The molecule has 0 spiro atoms. The van der Waals surface area contributed by atoms with Gasteiger partial charge in [-0.05, 0) is 43.5 Å². The van der Waals surface area contributed by atoms with Crippen LogP contribution in [0.4, 0.5) is 23.8 Å². The maximum Gasteiger partial charge on any atom is 0.434 e. The quantitative estimate of drug-likeness (QED) is 0.241. The lowest BCUT2D eigenvalue weighted by Crippen LogP contribution is -2.31. The van der Waals surface area contributed by atoms with Crippen molar-refractivity contribution in [3.05, 3.63) is 63.5 Å². The van der Waals surface area contributed by atoms with Gasteiger partial charge in [-0.1, -0.05) is 6.07 Å². The Morgan fingerprint density at radius 1 is 1.17 bits per heavy atom. The zero-order valence-electron chi connectivity index (χ0n) is 21.7. The molecule has 3 aromatic heterocycles. The van der Waals surface area contributed by atoms with Crippen LogP contribution in [0.15, 0.2) is 46.8 Å². The third kappa shape index (κ3) is 5.93. The van der Waals surface area contributed by atoms with E-state index in [9.17, 15) is 27.6 Å². The molecule has 5 rings (SSSR count). The van der Waals surface area contributed by atoms with Gasteiger partial charge in [0.1, 0.15) is 16.4 Å². The fourth-order valence-electron chi connectivity index (χ4n) is 4.38. The second-order valence-electron chi connectivity index (χ2n) is 9.36. The van der Waals surface area contributed by atoms with E-state index in [-0.39, 0.29) is 46.5 Å². The number of aliphatic hydroxyl groups excluding tert-OH is 1. The first kappa shape index (κ1) is 28.2. The molecule has 1 fully saturated rings. The Morgan fingerprint density at radius 2 is 1.95 bits per heavy atom. The first-order valence-electron chi connectivity index (χ1n) is 12.8. The molecule has 0 bridgehead atoms. The molecule has 3 heterocycles. The number of alkyl halides is 3. The van der Waals surface area contributed by atoms with Gasteiger partial charge in [-0.25, -0.2) is 14.8 Å². The van der Waals surface area contributed by atoms with Crippen molar-refractivity contribution < 1.29 is 27.9 Å². The van der Waals surface area contributed by atoms with E-state index in [1.807, 2.05) is 4.57 Å². The molecular weight excluding hydrogens is 561 g/mol. The molecule has 41 heavy (non-hydrogen) atoms. The zero-order chi connectivity index (χ0) is 29.3. The van der Waals surface area contributed by atoms with Crippen molar-refractivity contribution in [2.75, 3.05) is 25.0 Å². The number of nitrogens with zero attached hydrogens (tertiary/aromatic N) is 3. The molecule has 0 atom stereocenters. The van der Waals surface area contributed by atoms with Crippen LogP contribution in [-0.4, -0.2) is 51.3 Å². The second-order valence-corrected chi connectivity index (χ2v) is 10.2. The summed E-state index contributed by atoms with van der Waals surface area (Å²) in [5.41, 5.74) is 0.0625. The number of thiazole rings is 1. The van der Waals surface area contributed by atoms with Crippen molar-refractivity contribution in [1.82, 2.24) is 25.2 Å². The van der Waals surface area contributed by atoms with Crippen molar-refractivity contribution >= 4 is 40.0 Å². The predicted molar refractivity (Wildman–Crippen MR) is 148 cm³/mol. The van der Waals surface area contributed by atoms with Gasteiger partial charge in [0.15, 0.2) is 5.69 Å². The average Bonchev–Trinajstić information content (AvgIpc) is 3.65. The van der Waals surface area contributed by atoms with Gasteiger partial charge in [0.05, 0.1) is 12.1 Å². The molecule has 1 aliphatic carbocycles. The summed E-state index contributed by atoms with van der Waals surface area (Å²) in [7, 11) is 0. The van der Waals surface area contributed by atoms with E-state index in [1.54, 1.807) is 25.1 Å². The topological polar surface area (TPSA) is 138 Å². The van der Waals surface area contributed by atoms with Crippen LogP contribution in [0.2, 0.25) is 0 Å². The number of amides is 3. The van der Waals surface area contributed by atoms with Gasteiger partial charge in [0, 0.05) is 53.4 Å². The standard InChI is InChI=1S/C27H25F3N6O4S/c1-2-31-26(40)35-22-10-16(25-34-21(13-41-25)27(28,29)30)18(11-33-22)14-3-6-20-17(9-14)23(38)19(24(39)32-7-8-37)12-36(20)15-4-5-15/h3,6,9-13,15,37H,2,4-5,7-8H2,1H3,(H,32,39)(H2,31,33,35,40). The fourth-order valence-corrected chi connectivity index (χ4v) is 5.24. The molecule has 1 aromatic carbocycles. The van der Waals surface area contributed by atoms with E-state index in [0.717, 1.165) is 29.6 Å². The van der Waals surface area contributed by atoms with Crippen LogP contribution < -0.4 is 21.4 Å². The third-order valence-corrected chi connectivity index (χ3v) is 7.31. The number of fused-ring (bicyclic) bond motifs is 1. The smallest absolute Gasteiger partial charge is 0.395 e. The molecule has 10 nitrogen and oxygen atoms in total. The number of hydrogen-bond donors (Lipinski definition) is 4. The number of rotatable bonds is 8. The van der Waals surface area contributed by atoms with Crippen LogP contribution in [0, 0.1) is 0 Å². The van der Waals surface area contributed by atoms with Crippen LogP contribution in [0.1, 0.15) is 41.9 Å². The number of carbonyl (C=O) groups is 2. The summed E-state index contributed by atoms with van der Waals surface area (Å²) >= 11 is 0.785. The monoisotopic (exact) mass is 586 g/mol. The highest BCUT2D eigenvalue weighted by Gasteiger charge is 2.34.